The van der Waals surface area contributed by atoms with E-state index in [0.29, 0.717) is 16.8 Å². The van der Waals surface area contributed by atoms with Gasteiger partial charge in [0.1, 0.15) is 11.6 Å². The Hall–Kier alpha value is -2.47. The molecule has 0 saturated heterocycles. The smallest absolute Gasteiger partial charge is 0.341 e. The summed E-state index contributed by atoms with van der Waals surface area (Å²) in [6.07, 6.45) is 0. The van der Waals surface area contributed by atoms with Crippen LogP contribution in [0.1, 0.15) is 15.9 Å². The molecule has 1 N–H and O–H groups in total. The van der Waals surface area contributed by atoms with Gasteiger partial charge in [-0.25, -0.2) is 13.6 Å². The molecular weight excluding hydrogens is 328 g/mol. The Balaban J connectivity index is 1.94. The fourth-order valence-electron chi connectivity index (χ4n) is 1.77. The normalized spacial score (nSPS) is 10.3. The van der Waals surface area contributed by atoms with E-state index in [1.807, 2.05) is 6.92 Å². The molecular formula is C16H12ClF2NO3. The van der Waals surface area contributed by atoms with Crippen LogP contribution in [0.25, 0.3) is 0 Å². The van der Waals surface area contributed by atoms with E-state index in [2.05, 4.69) is 10.1 Å². The topological polar surface area (TPSA) is 55.4 Å². The number of rotatable bonds is 4. The van der Waals surface area contributed by atoms with Gasteiger partial charge in [-0.3, -0.25) is 4.79 Å². The number of esters is 1. The number of halogens is 3. The molecule has 0 aromatic heterocycles. The summed E-state index contributed by atoms with van der Waals surface area (Å²) >= 11 is 5.96. The Morgan fingerprint density at radius 1 is 1.17 bits per heavy atom. The summed E-state index contributed by atoms with van der Waals surface area (Å²) in [5.41, 5.74) is 0.838. The number of amides is 1. The zero-order valence-electron chi connectivity index (χ0n) is 12.0. The van der Waals surface area contributed by atoms with Gasteiger partial charge in [0.15, 0.2) is 6.61 Å². The molecule has 2 aromatic rings. The molecule has 0 fully saturated rings. The minimum Gasteiger partial charge on any atom is -0.452 e. The molecule has 0 aliphatic rings. The van der Waals surface area contributed by atoms with Crippen molar-refractivity contribution in [2.24, 2.45) is 0 Å². The lowest BCUT2D eigenvalue weighted by atomic mass is 10.2. The summed E-state index contributed by atoms with van der Waals surface area (Å²) in [7, 11) is 0. The van der Waals surface area contributed by atoms with Crippen LogP contribution in [0.5, 0.6) is 0 Å². The first kappa shape index (κ1) is 16.9. The summed E-state index contributed by atoms with van der Waals surface area (Å²) in [4.78, 5) is 23.4. The number of carbonyl (C=O) groups is 2. The van der Waals surface area contributed by atoms with E-state index in [1.165, 1.54) is 0 Å². The van der Waals surface area contributed by atoms with E-state index in [1.54, 1.807) is 18.2 Å². The molecule has 0 aliphatic heterocycles. The number of hydrogen-bond donors (Lipinski definition) is 1. The van der Waals surface area contributed by atoms with Crippen LogP contribution in [-0.2, 0) is 9.53 Å². The molecule has 2 rings (SSSR count). The van der Waals surface area contributed by atoms with E-state index in [4.69, 9.17) is 11.6 Å². The highest BCUT2D eigenvalue weighted by atomic mass is 35.5. The molecule has 2 aromatic carbocycles. The Morgan fingerprint density at radius 2 is 1.91 bits per heavy atom. The van der Waals surface area contributed by atoms with E-state index >= 15 is 0 Å². The van der Waals surface area contributed by atoms with Crippen LogP contribution in [-0.4, -0.2) is 18.5 Å². The zero-order valence-corrected chi connectivity index (χ0v) is 12.8. The van der Waals surface area contributed by atoms with Crippen molar-refractivity contribution in [2.45, 2.75) is 6.92 Å². The maximum Gasteiger partial charge on any atom is 0.341 e. The number of ether oxygens (including phenoxy) is 1. The molecule has 120 valence electrons. The summed E-state index contributed by atoms with van der Waals surface area (Å²) in [5.74, 6) is -3.57. The summed E-state index contributed by atoms with van der Waals surface area (Å²) < 4.78 is 30.9. The van der Waals surface area contributed by atoms with Crippen molar-refractivity contribution in [2.75, 3.05) is 11.9 Å². The Kier molecular flexibility index (Phi) is 5.28. The summed E-state index contributed by atoms with van der Waals surface area (Å²) in [6.45, 7) is 1.22. The number of hydrogen-bond acceptors (Lipinski definition) is 3. The van der Waals surface area contributed by atoms with Gasteiger partial charge in [0.05, 0.1) is 16.3 Å². The van der Waals surface area contributed by atoms with Gasteiger partial charge in [-0.1, -0.05) is 17.7 Å². The zero-order chi connectivity index (χ0) is 17.0. The second kappa shape index (κ2) is 7.19. The van der Waals surface area contributed by atoms with Gasteiger partial charge in [-0.05, 0) is 36.8 Å². The van der Waals surface area contributed by atoms with E-state index in [-0.39, 0.29) is 0 Å². The number of aryl methyl sites for hydroxylation is 1. The highest BCUT2D eigenvalue weighted by Gasteiger charge is 2.16. The SMILES string of the molecule is Cc1ccc(NC(=O)COC(=O)c2ccc(F)cc2F)c(Cl)c1. The van der Waals surface area contributed by atoms with Crippen LogP contribution in [0, 0.1) is 18.6 Å². The average molecular weight is 340 g/mol. The molecule has 0 saturated carbocycles. The van der Waals surface area contributed by atoms with Crippen LogP contribution in [0.15, 0.2) is 36.4 Å². The first-order chi connectivity index (χ1) is 10.9. The van der Waals surface area contributed by atoms with E-state index < -0.39 is 35.7 Å². The van der Waals surface area contributed by atoms with Gasteiger partial charge in [-0.2, -0.15) is 0 Å². The van der Waals surface area contributed by atoms with Gasteiger partial charge in [0.2, 0.25) is 0 Å². The van der Waals surface area contributed by atoms with Crippen molar-refractivity contribution in [3.05, 3.63) is 64.2 Å². The molecule has 1 amide bonds. The number of nitrogens with one attached hydrogen (secondary N) is 1. The molecule has 23 heavy (non-hydrogen) atoms. The molecule has 0 radical (unpaired) electrons. The van der Waals surface area contributed by atoms with Gasteiger partial charge in [-0.15, -0.1) is 0 Å². The lowest BCUT2D eigenvalue weighted by Crippen LogP contribution is -2.21. The lowest BCUT2D eigenvalue weighted by Gasteiger charge is -2.09. The van der Waals surface area contributed by atoms with Gasteiger partial charge in [0, 0.05) is 6.07 Å². The number of carbonyl (C=O) groups excluding carboxylic acids is 2. The third-order valence-electron chi connectivity index (χ3n) is 2.88. The molecule has 0 atom stereocenters. The molecule has 0 unspecified atom stereocenters. The van der Waals surface area contributed by atoms with Crippen molar-refractivity contribution in [1.29, 1.82) is 0 Å². The minimum absolute atomic E-state index is 0.342. The second-order valence-corrected chi connectivity index (χ2v) is 5.14. The number of anilines is 1. The first-order valence-corrected chi connectivity index (χ1v) is 6.93. The highest BCUT2D eigenvalue weighted by molar-refractivity contribution is 6.33. The largest absolute Gasteiger partial charge is 0.452 e. The van der Waals surface area contributed by atoms with Crippen molar-refractivity contribution < 1.29 is 23.1 Å². The summed E-state index contributed by atoms with van der Waals surface area (Å²) in [6, 6.07) is 7.45. The predicted octanol–water partition coefficient (Wildman–Crippen LogP) is 3.72. The van der Waals surface area contributed by atoms with E-state index in [0.717, 1.165) is 17.7 Å². The maximum atomic E-state index is 13.4. The Bertz CT molecular complexity index is 765. The van der Waals surface area contributed by atoms with E-state index in [9.17, 15) is 18.4 Å². The Morgan fingerprint density at radius 3 is 2.57 bits per heavy atom. The molecule has 0 spiro atoms. The number of benzene rings is 2. The molecule has 0 heterocycles. The van der Waals surface area contributed by atoms with Crippen LogP contribution in [0.2, 0.25) is 5.02 Å². The average Bonchev–Trinajstić information content (AvgIpc) is 2.48. The molecule has 0 aliphatic carbocycles. The summed E-state index contributed by atoms with van der Waals surface area (Å²) in [5, 5.41) is 2.81. The van der Waals surface area contributed by atoms with Crippen LogP contribution >= 0.6 is 11.6 Å². The third kappa shape index (κ3) is 4.50. The maximum absolute atomic E-state index is 13.4. The first-order valence-electron chi connectivity index (χ1n) is 6.55. The quantitative estimate of drug-likeness (QED) is 0.864. The second-order valence-electron chi connectivity index (χ2n) is 4.73. The molecule has 4 nitrogen and oxygen atoms in total. The van der Waals surface area contributed by atoms with Crippen LogP contribution in [0.3, 0.4) is 0 Å². The fraction of sp³-hybridized carbons (Fsp3) is 0.125. The van der Waals surface area contributed by atoms with Crippen LogP contribution < -0.4 is 5.32 Å². The fourth-order valence-corrected chi connectivity index (χ4v) is 2.05. The minimum atomic E-state index is -1.06. The molecule has 0 bridgehead atoms. The van der Waals surface area contributed by atoms with Gasteiger partial charge < -0.3 is 10.1 Å². The van der Waals surface area contributed by atoms with Crippen molar-refractivity contribution in [3.8, 4) is 0 Å². The van der Waals surface area contributed by atoms with Crippen molar-refractivity contribution >= 4 is 29.2 Å². The monoisotopic (exact) mass is 339 g/mol. The Labute approximate surface area is 136 Å². The van der Waals surface area contributed by atoms with Crippen LogP contribution in [0.4, 0.5) is 14.5 Å². The molecule has 7 heteroatoms. The third-order valence-corrected chi connectivity index (χ3v) is 3.20. The van der Waals surface area contributed by atoms with Gasteiger partial charge >= 0.3 is 5.97 Å². The standard InChI is InChI=1S/C16H12ClF2NO3/c1-9-2-5-14(12(17)6-9)20-15(21)8-23-16(22)11-4-3-10(18)7-13(11)19/h2-7H,8H2,1H3,(H,20,21). The predicted molar refractivity (Wildman–Crippen MR) is 81.5 cm³/mol. The lowest BCUT2D eigenvalue weighted by molar-refractivity contribution is -0.119. The highest BCUT2D eigenvalue weighted by Crippen LogP contribution is 2.22. The van der Waals surface area contributed by atoms with Crippen molar-refractivity contribution in [1.82, 2.24) is 0 Å². The van der Waals surface area contributed by atoms with Gasteiger partial charge in [0.25, 0.3) is 5.91 Å². The van der Waals surface area contributed by atoms with Crippen molar-refractivity contribution in [3.63, 3.8) is 0 Å².